The lowest BCUT2D eigenvalue weighted by Crippen LogP contribution is -2.29. The average Bonchev–Trinajstić information content (AvgIpc) is 2.92. The van der Waals surface area contributed by atoms with Crippen molar-refractivity contribution in [1.82, 2.24) is 4.37 Å². The minimum absolute atomic E-state index is 0.196. The van der Waals surface area contributed by atoms with Crippen molar-refractivity contribution in [2.45, 2.75) is 12.5 Å². The van der Waals surface area contributed by atoms with E-state index in [4.69, 9.17) is 4.74 Å². The largest absolute Gasteiger partial charge is 0.380 e. The number of rotatable bonds is 7. The summed E-state index contributed by atoms with van der Waals surface area (Å²) in [7, 11) is -2.10. The molecule has 1 unspecified atom stereocenters. The van der Waals surface area contributed by atoms with Crippen LogP contribution in [0.25, 0.3) is 0 Å². The molecule has 5 nitrogen and oxygen atoms in total. The Kier molecular flexibility index (Phi) is 5.27. The number of aromatic nitrogens is 1. The van der Waals surface area contributed by atoms with Crippen LogP contribution in [0.1, 0.15) is 5.56 Å². The minimum atomic E-state index is -3.55. The zero-order chi connectivity index (χ0) is 15.3. The lowest BCUT2D eigenvalue weighted by molar-refractivity contribution is 0.121. The first-order chi connectivity index (χ1) is 9.98. The monoisotopic (exact) mass is 330 g/mol. The number of methoxy groups -OCH3 is 1. The molecule has 0 aliphatic heterocycles. The highest BCUT2D eigenvalue weighted by Crippen LogP contribution is 2.12. The highest BCUT2D eigenvalue weighted by atomic mass is 32.2. The van der Waals surface area contributed by atoms with Gasteiger partial charge < -0.3 is 4.74 Å². The number of hydrogen-bond acceptors (Lipinski definition) is 5. The summed E-state index contributed by atoms with van der Waals surface area (Å²) < 4.78 is 48.4. The molecule has 2 aromatic rings. The van der Waals surface area contributed by atoms with Gasteiger partial charge in [-0.3, -0.25) is 4.72 Å². The molecule has 0 aliphatic rings. The summed E-state index contributed by atoms with van der Waals surface area (Å²) >= 11 is 1.17. The van der Waals surface area contributed by atoms with Crippen LogP contribution in [0.5, 0.6) is 0 Å². The Bertz CT molecular complexity index is 657. The first kappa shape index (κ1) is 15.9. The molecule has 114 valence electrons. The zero-order valence-electron chi connectivity index (χ0n) is 11.3. The molecule has 0 spiro atoms. The molecular formula is C13H15FN2O3S2. The van der Waals surface area contributed by atoms with E-state index in [1.54, 1.807) is 23.6 Å². The fourth-order valence-electron chi connectivity index (χ4n) is 1.80. The van der Waals surface area contributed by atoms with E-state index in [1.165, 1.54) is 30.8 Å². The molecule has 0 amide bonds. The quantitative estimate of drug-likeness (QED) is 0.846. The van der Waals surface area contributed by atoms with Crippen LogP contribution in [0, 0.1) is 5.82 Å². The van der Waals surface area contributed by atoms with Crippen LogP contribution >= 0.6 is 11.5 Å². The second-order valence-corrected chi connectivity index (χ2v) is 6.89. The Morgan fingerprint density at radius 2 is 2.05 bits per heavy atom. The molecule has 0 fully saturated rings. The van der Waals surface area contributed by atoms with Crippen LogP contribution in [0.2, 0.25) is 0 Å². The maximum Gasteiger partial charge on any atom is 0.236 e. The number of nitrogens with one attached hydrogen (secondary N) is 1. The molecule has 1 atom stereocenters. The van der Waals surface area contributed by atoms with E-state index in [2.05, 4.69) is 9.10 Å². The van der Waals surface area contributed by atoms with Crippen molar-refractivity contribution < 1.29 is 17.5 Å². The number of benzene rings is 1. The Hall–Kier alpha value is -1.51. The van der Waals surface area contributed by atoms with Crippen molar-refractivity contribution in [3.05, 3.63) is 47.1 Å². The lowest BCUT2D eigenvalue weighted by atomic mass is 10.1. The van der Waals surface area contributed by atoms with Gasteiger partial charge in [-0.2, -0.15) is 4.37 Å². The smallest absolute Gasteiger partial charge is 0.236 e. The third-order valence-corrected chi connectivity index (χ3v) is 4.70. The molecule has 0 bridgehead atoms. The fraction of sp³-hybridized carbons (Fsp3) is 0.308. The van der Waals surface area contributed by atoms with E-state index in [0.29, 0.717) is 12.2 Å². The fourth-order valence-corrected chi connectivity index (χ4v) is 3.59. The van der Waals surface area contributed by atoms with Gasteiger partial charge in [-0.05, 0) is 41.7 Å². The summed E-state index contributed by atoms with van der Waals surface area (Å²) in [4.78, 5) is 0. The predicted molar refractivity (Wildman–Crippen MR) is 80.4 cm³/mol. The van der Waals surface area contributed by atoms with Gasteiger partial charge in [0.1, 0.15) is 5.82 Å². The van der Waals surface area contributed by atoms with E-state index < -0.39 is 16.1 Å². The Labute approximate surface area is 127 Å². The van der Waals surface area contributed by atoms with Crippen LogP contribution in [-0.4, -0.2) is 31.8 Å². The third kappa shape index (κ3) is 5.07. The van der Waals surface area contributed by atoms with Crippen molar-refractivity contribution in [1.29, 1.82) is 0 Å². The maximum atomic E-state index is 12.8. The van der Waals surface area contributed by atoms with Crippen LogP contribution in [0.3, 0.4) is 0 Å². The van der Waals surface area contributed by atoms with Crippen LogP contribution in [0.15, 0.2) is 35.7 Å². The number of anilines is 1. The summed E-state index contributed by atoms with van der Waals surface area (Å²) in [6.45, 7) is 0. The van der Waals surface area contributed by atoms with Crippen LogP contribution in [-0.2, 0) is 21.2 Å². The summed E-state index contributed by atoms with van der Waals surface area (Å²) in [6.07, 6.45) is -0.138. The van der Waals surface area contributed by atoms with Crippen molar-refractivity contribution in [3.8, 4) is 0 Å². The highest BCUT2D eigenvalue weighted by Gasteiger charge is 2.20. The SMILES string of the molecule is COC(Cc1ccc(F)cc1)CS(=O)(=O)Nc1ccsn1. The van der Waals surface area contributed by atoms with E-state index in [0.717, 1.165) is 5.56 Å². The van der Waals surface area contributed by atoms with Gasteiger partial charge in [0.15, 0.2) is 5.82 Å². The number of hydrogen-bond donors (Lipinski definition) is 1. The van der Waals surface area contributed by atoms with Gasteiger partial charge in [-0.25, -0.2) is 12.8 Å². The van der Waals surface area contributed by atoms with Crippen molar-refractivity contribution >= 4 is 27.4 Å². The second kappa shape index (κ2) is 6.97. The van der Waals surface area contributed by atoms with Gasteiger partial charge >= 0.3 is 0 Å². The number of ether oxygens (including phenoxy) is 1. The predicted octanol–water partition coefficient (Wildman–Crippen LogP) is 2.28. The van der Waals surface area contributed by atoms with Gasteiger partial charge in [0.05, 0.1) is 11.9 Å². The first-order valence-corrected chi connectivity index (χ1v) is 8.65. The molecule has 1 heterocycles. The van der Waals surface area contributed by atoms with Crippen molar-refractivity contribution in [2.24, 2.45) is 0 Å². The first-order valence-electron chi connectivity index (χ1n) is 6.16. The van der Waals surface area contributed by atoms with Crippen molar-refractivity contribution in [2.75, 3.05) is 17.6 Å². The summed E-state index contributed by atoms with van der Waals surface area (Å²) in [6, 6.07) is 7.49. The van der Waals surface area contributed by atoms with Gasteiger partial charge in [-0.1, -0.05) is 12.1 Å². The standard InChI is InChI=1S/C13H15FN2O3S2/c1-19-12(8-10-2-4-11(14)5-3-10)9-21(17,18)16-13-6-7-20-15-13/h2-7,12H,8-9H2,1H3,(H,15,16). The maximum absolute atomic E-state index is 12.8. The molecule has 1 aromatic carbocycles. The van der Waals surface area contributed by atoms with Gasteiger partial charge in [0, 0.05) is 12.5 Å². The van der Waals surface area contributed by atoms with E-state index in [9.17, 15) is 12.8 Å². The molecular weight excluding hydrogens is 315 g/mol. The van der Waals surface area contributed by atoms with Crippen LogP contribution in [0.4, 0.5) is 10.2 Å². The zero-order valence-corrected chi connectivity index (χ0v) is 13.0. The van der Waals surface area contributed by atoms with Gasteiger partial charge in [0.2, 0.25) is 10.0 Å². The molecule has 1 N–H and O–H groups in total. The molecule has 0 saturated carbocycles. The van der Waals surface area contributed by atoms with E-state index >= 15 is 0 Å². The minimum Gasteiger partial charge on any atom is -0.380 e. The highest BCUT2D eigenvalue weighted by molar-refractivity contribution is 7.92. The molecule has 1 aromatic heterocycles. The topological polar surface area (TPSA) is 68.3 Å². The van der Waals surface area contributed by atoms with Gasteiger partial charge in [0.25, 0.3) is 0 Å². The number of halogens is 1. The van der Waals surface area contributed by atoms with E-state index in [1.807, 2.05) is 0 Å². The van der Waals surface area contributed by atoms with Crippen molar-refractivity contribution in [3.63, 3.8) is 0 Å². The number of nitrogens with zero attached hydrogens (tertiary/aromatic N) is 1. The van der Waals surface area contributed by atoms with E-state index in [-0.39, 0.29) is 11.6 Å². The summed E-state index contributed by atoms with van der Waals surface area (Å²) in [5, 5.41) is 1.68. The number of sulfonamides is 1. The normalized spacial score (nSPS) is 13.0. The van der Waals surface area contributed by atoms with Crippen LogP contribution < -0.4 is 4.72 Å². The Morgan fingerprint density at radius 1 is 1.33 bits per heavy atom. The molecule has 21 heavy (non-hydrogen) atoms. The Morgan fingerprint density at radius 3 is 2.62 bits per heavy atom. The molecule has 2 rings (SSSR count). The summed E-state index contributed by atoms with van der Waals surface area (Å²) in [5.74, 6) is -0.222. The second-order valence-electron chi connectivity index (χ2n) is 4.46. The molecule has 0 radical (unpaired) electrons. The lowest BCUT2D eigenvalue weighted by Gasteiger charge is -2.16. The summed E-state index contributed by atoms with van der Waals surface area (Å²) in [5.41, 5.74) is 0.812. The molecule has 0 aliphatic carbocycles. The molecule has 0 saturated heterocycles. The van der Waals surface area contributed by atoms with Gasteiger partial charge in [-0.15, -0.1) is 0 Å². The Balaban J connectivity index is 1.99. The molecule has 8 heteroatoms. The third-order valence-electron chi connectivity index (χ3n) is 2.81. The average molecular weight is 330 g/mol.